The molecule has 1 heterocycles. The summed E-state index contributed by atoms with van der Waals surface area (Å²) in [6, 6.07) is 8.13. The monoisotopic (exact) mass is 346 g/mol. The fourth-order valence-electron chi connectivity index (χ4n) is 3.84. The van der Waals surface area contributed by atoms with Gasteiger partial charge in [0.25, 0.3) is 0 Å². The van der Waals surface area contributed by atoms with Gasteiger partial charge in [0.2, 0.25) is 0 Å². The first kappa shape index (κ1) is 17.6. The van der Waals surface area contributed by atoms with E-state index in [1.165, 1.54) is 5.56 Å². The van der Waals surface area contributed by atoms with Gasteiger partial charge in [-0.2, -0.15) is 0 Å². The third-order valence-corrected chi connectivity index (χ3v) is 5.47. The summed E-state index contributed by atoms with van der Waals surface area (Å²) in [5.74, 6) is 0.235. The van der Waals surface area contributed by atoms with Crippen molar-refractivity contribution < 1.29 is 19.4 Å². The molecule has 0 bridgehead atoms. The van der Waals surface area contributed by atoms with Crippen LogP contribution in [0.15, 0.2) is 24.3 Å². The highest BCUT2D eigenvalue weighted by Gasteiger charge is 2.31. The SMILES string of the molecule is COc1ccc(C2CCN(C(=O)NC3CCC(C(=O)O)CC3)C2)cc1. The molecule has 2 amide bonds. The summed E-state index contributed by atoms with van der Waals surface area (Å²) in [4.78, 5) is 25.4. The molecule has 6 heteroatoms. The molecule has 1 aliphatic heterocycles. The number of aliphatic carboxylic acids is 1. The summed E-state index contributed by atoms with van der Waals surface area (Å²) in [7, 11) is 1.65. The van der Waals surface area contributed by atoms with Gasteiger partial charge in [0.15, 0.2) is 0 Å². The number of carbonyl (C=O) groups is 2. The quantitative estimate of drug-likeness (QED) is 0.879. The maximum absolute atomic E-state index is 12.5. The Balaban J connectivity index is 1.48. The van der Waals surface area contributed by atoms with E-state index in [-0.39, 0.29) is 18.0 Å². The van der Waals surface area contributed by atoms with Gasteiger partial charge in [-0.1, -0.05) is 12.1 Å². The lowest BCUT2D eigenvalue weighted by atomic mass is 9.86. The Bertz CT molecular complexity index is 608. The Morgan fingerprint density at radius 3 is 2.40 bits per heavy atom. The van der Waals surface area contributed by atoms with Crippen molar-refractivity contribution in [1.82, 2.24) is 10.2 Å². The van der Waals surface area contributed by atoms with Crippen LogP contribution in [0.25, 0.3) is 0 Å². The summed E-state index contributed by atoms with van der Waals surface area (Å²) >= 11 is 0. The molecule has 1 saturated heterocycles. The second-order valence-corrected chi connectivity index (χ2v) is 7.04. The second-order valence-electron chi connectivity index (χ2n) is 7.04. The van der Waals surface area contributed by atoms with Crippen LogP contribution in [0.3, 0.4) is 0 Å². The predicted octanol–water partition coefficient (Wildman–Crippen LogP) is 2.84. The van der Waals surface area contributed by atoms with E-state index in [9.17, 15) is 9.59 Å². The lowest BCUT2D eigenvalue weighted by molar-refractivity contribution is -0.142. The van der Waals surface area contributed by atoms with E-state index in [1.807, 2.05) is 17.0 Å². The van der Waals surface area contributed by atoms with Crippen LogP contribution in [0, 0.1) is 5.92 Å². The first-order valence-electron chi connectivity index (χ1n) is 8.99. The van der Waals surface area contributed by atoms with Crippen molar-refractivity contribution in [3.8, 4) is 5.75 Å². The molecule has 1 unspecified atom stereocenters. The van der Waals surface area contributed by atoms with Gasteiger partial charge in [0.05, 0.1) is 13.0 Å². The topological polar surface area (TPSA) is 78.9 Å². The number of urea groups is 1. The van der Waals surface area contributed by atoms with Crippen LogP contribution < -0.4 is 10.1 Å². The molecule has 2 aliphatic rings. The lowest BCUT2D eigenvalue weighted by Crippen LogP contribution is -2.45. The van der Waals surface area contributed by atoms with Crippen molar-refractivity contribution in [3.63, 3.8) is 0 Å². The highest BCUT2D eigenvalue weighted by atomic mass is 16.5. The third kappa shape index (κ3) is 4.24. The largest absolute Gasteiger partial charge is 0.497 e. The molecular formula is C19H26N2O4. The van der Waals surface area contributed by atoms with Gasteiger partial charge in [-0.15, -0.1) is 0 Å². The number of likely N-dealkylation sites (tertiary alicyclic amines) is 1. The number of rotatable bonds is 4. The zero-order valence-corrected chi connectivity index (χ0v) is 14.6. The standard InChI is InChI=1S/C19H26N2O4/c1-25-17-8-4-13(5-9-17)15-10-11-21(12-15)19(24)20-16-6-2-14(3-7-16)18(22)23/h4-5,8-9,14-16H,2-3,6-7,10-12H2,1H3,(H,20,24)(H,22,23). The van der Waals surface area contributed by atoms with Gasteiger partial charge in [0.1, 0.15) is 5.75 Å². The molecule has 0 radical (unpaired) electrons. The van der Waals surface area contributed by atoms with E-state index in [4.69, 9.17) is 9.84 Å². The van der Waals surface area contributed by atoms with Crippen LogP contribution >= 0.6 is 0 Å². The van der Waals surface area contributed by atoms with Gasteiger partial charge in [0, 0.05) is 25.0 Å². The van der Waals surface area contributed by atoms with Crippen molar-refractivity contribution in [2.75, 3.05) is 20.2 Å². The molecule has 6 nitrogen and oxygen atoms in total. The highest BCUT2D eigenvalue weighted by Crippen LogP contribution is 2.29. The third-order valence-electron chi connectivity index (χ3n) is 5.47. The molecule has 1 aromatic rings. The normalized spacial score (nSPS) is 26.3. The molecule has 1 atom stereocenters. The Morgan fingerprint density at radius 2 is 1.80 bits per heavy atom. The van der Waals surface area contributed by atoms with Gasteiger partial charge >= 0.3 is 12.0 Å². The number of ether oxygens (including phenoxy) is 1. The van der Waals surface area contributed by atoms with E-state index in [0.29, 0.717) is 18.8 Å². The molecule has 2 fully saturated rings. The van der Waals surface area contributed by atoms with Crippen LogP contribution in [-0.4, -0.2) is 48.2 Å². The first-order valence-corrected chi connectivity index (χ1v) is 8.99. The fraction of sp³-hybridized carbons (Fsp3) is 0.579. The zero-order chi connectivity index (χ0) is 17.8. The smallest absolute Gasteiger partial charge is 0.317 e. The Labute approximate surface area is 148 Å². The summed E-state index contributed by atoms with van der Waals surface area (Å²) < 4.78 is 5.19. The molecule has 0 aromatic heterocycles. The number of nitrogens with one attached hydrogen (secondary N) is 1. The van der Waals surface area contributed by atoms with Crippen molar-refractivity contribution in [2.45, 2.75) is 44.1 Å². The number of carboxylic acids is 1. The minimum absolute atomic E-state index is 0.0187. The maximum Gasteiger partial charge on any atom is 0.317 e. The number of amides is 2. The highest BCUT2D eigenvalue weighted by molar-refractivity contribution is 5.75. The second kappa shape index (κ2) is 7.76. The zero-order valence-electron chi connectivity index (χ0n) is 14.6. The summed E-state index contributed by atoms with van der Waals surface area (Å²) in [6.07, 6.45) is 3.76. The minimum Gasteiger partial charge on any atom is -0.497 e. The van der Waals surface area contributed by atoms with Crippen LogP contribution in [-0.2, 0) is 4.79 Å². The molecule has 3 rings (SSSR count). The summed E-state index contributed by atoms with van der Waals surface area (Å²) in [6.45, 7) is 1.48. The number of carbonyl (C=O) groups excluding carboxylic acids is 1. The van der Waals surface area contributed by atoms with Gasteiger partial charge in [-0.25, -0.2) is 4.79 Å². The van der Waals surface area contributed by atoms with E-state index in [2.05, 4.69) is 17.4 Å². The van der Waals surface area contributed by atoms with Crippen molar-refractivity contribution in [3.05, 3.63) is 29.8 Å². The number of nitrogens with zero attached hydrogens (tertiary/aromatic N) is 1. The summed E-state index contributed by atoms with van der Waals surface area (Å²) in [5, 5.41) is 12.1. The maximum atomic E-state index is 12.5. The first-order chi connectivity index (χ1) is 12.1. The molecule has 2 N–H and O–H groups in total. The minimum atomic E-state index is -0.716. The van der Waals surface area contributed by atoms with E-state index in [1.54, 1.807) is 7.11 Å². The molecule has 1 aliphatic carbocycles. The average Bonchev–Trinajstić information content (AvgIpc) is 3.12. The number of benzene rings is 1. The van der Waals surface area contributed by atoms with Crippen molar-refractivity contribution >= 4 is 12.0 Å². The molecule has 1 aromatic carbocycles. The number of methoxy groups -OCH3 is 1. The van der Waals surface area contributed by atoms with Crippen LogP contribution in [0.1, 0.15) is 43.6 Å². The van der Waals surface area contributed by atoms with Crippen LogP contribution in [0.2, 0.25) is 0 Å². The van der Waals surface area contributed by atoms with Crippen molar-refractivity contribution in [2.24, 2.45) is 5.92 Å². The van der Waals surface area contributed by atoms with E-state index < -0.39 is 5.97 Å². The molecular weight excluding hydrogens is 320 g/mol. The van der Waals surface area contributed by atoms with Crippen LogP contribution in [0.5, 0.6) is 5.75 Å². The van der Waals surface area contributed by atoms with Gasteiger partial charge in [-0.05, 0) is 49.8 Å². The Morgan fingerprint density at radius 1 is 1.12 bits per heavy atom. The Kier molecular flexibility index (Phi) is 5.46. The number of hydrogen-bond acceptors (Lipinski definition) is 3. The number of carboxylic acid groups (broad SMARTS) is 1. The van der Waals surface area contributed by atoms with E-state index in [0.717, 1.165) is 38.1 Å². The Hall–Kier alpha value is -2.24. The number of hydrogen-bond donors (Lipinski definition) is 2. The lowest BCUT2D eigenvalue weighted by Gasteiger charge is -2.28. The average molecular weight is 346 g/mol. The van der Waals surface area contributed by atoms with Gasteiger partial charge < -0.3 is 20.1 Å². The van der Waals surface area contributed by atoms with Crippen LogP contribution in [0.4, 0.5) is 4.79 Å². The van der Waals surface area contributed by atoms with Crippen molar-refractivity contribution in [1.29, 1.82) is 0 Å². The van der Waals surface area contributed by atoms with E-state index >= 15 is 0 Å². The molecule has 136 valence electrons. The predicted molar refractivity (Wildman–Crippen MR) is 93.8 cm³/mol. The molecule has 25 heavy (non-hydrogen) atoms. The summed E-state index contributed by atoms with van der Waals surface area (Å²) in [5.41, 5.74) is 1.23. The molecule has 1 saturated carbocycles. The fourth-order valence-corrected chi connectivity index (χ4v) is 3.84. The van der Waals surface area contributed by atoms with Gasteiger partial charge in [-0.3, -0.25) is 4.79 Å². The molecule has 0 spiro atoms.